The minimum Gasteiger partial charge on any atom is -0.383 e. The van der Waals surface area contributed by atoms with E-state index in [1.165, 1.54) is 0 Å². The van der Waals surface area contributed by atoms with E-state index >= 15 is 0 Å². The van der Waals surface area contributed by atoms with E-state index in [-0.39, 0.29) is 6.04 Å². The first-order chi connectivity index (χ1) is 9.50. The molecule has 3 nitrogen and oxygen atoms in total. The van der Waals surface area contributed by atoms with Gasteiger partial charge in [-0.1, -0.05) is 12.2 Å². The normalized spacial score (nSPS) is 30.3. The van der Waals surface area contributed by atoms with Crippen LogP contribution in [0.15, 0.2) is 18.2 Å². The number of ether oxygens (including phenoxy) is 1. The van der Waals surface area contributed by atoms with Crippen LogP contribution in [0, 0.1) is 11.6 Å². The van der Waals surface area contributed by atoms with E-state index in [4.69, 9.17) is 4.74 Å². The number of nitrogens with zero attached hydrogens (tertiary/aromatic N) is 1. The van der Waals surface area contributed by atoms with Crippen molar-refractivity contribution in [1.82, 2.24) is 4.90 Å². The van der Waals surface area contributed by atoms with Crippen molar-refractivity contribution >= 4 is 6.08 Å². The molecule has 1 N–H and O–H groups in total. The highest BCUT2D eigenvalue weighted by atomic mass is 19.2. The fourth-order valence-electron chi connectivity index (χ4n) is 3.01. The highest BCUT2D eigenvalue weighted by Gasteiger charge is 2.40. The molecule has 0 spiro atoms. The van der Waals surface area contributed by atoms with Gasteiger partial charge in [0.25, 0.3) is 0 Å². The summed E-state index contributed by atoms with van der Waals surface area (Å²) in [5.74, 6) is -1.82. The second-order valence-electron chi connectivity index (χ2n) is 5.45. The summed E-state index contributed by atoms with van der Waals surface area (Å²) in [6.45, 7) is 4.30. The molecule has 0 aromatic heterocycles. The van der Waals surface area contributed by atoms with Gasteiger partial charge in [-0.2, -0.15) is 0 Å². The lowest BCUT2D eigenvalue weighted by molar-refractivity contribution is -0.0552. The smallest absolute Gasteiger partial charge is 0.159 e. The van der Waals surface area contributed by atoms with Crippen LogP contribution in [-0.2, 0) is 10.3 Å². The predicted molar refractivity (Wildman–Crippen MR) is 71.1 cm³/mol. The SMILES string of the molecule is C[C@]1(O)c2cc(F)c(F)cc2C=C[C@@H]1N1CCOCC1. The molecule has 20 heavy (non-hydrogen) atoms. The average molecular weight is 281 g/mol. The molecule has 0 bridgehead atoms. The maximum atomic E-state index is 13.5. The van der Waals surface area contributed by atoms with Crippen molar-refractivity contribution in [2.24, 2.45) is 0 Å². The highest BCUT2D eigenvalue weighted by molar-refractivity contribution is 5.60. The molecule has 1 aliphatic carbocycles. The first-order valence-corrected chi connectivity index (χ1v) is 6.72. The molecule has 1 heterocycles. The standard InChI is InChI=1S/C15H17F2NO2/c1-15(19)11-9-13(17)12(16)8-10(11)2-3-14(15)18-4-6-20-7-5-18/h2-3,8-9,14,19H,4-7H2,1H3/t14-,15-/m0/s1. The Kier molecular flexibility index (Phi) is 3.36. The van der Waals surface area contributed by atoms with E-state index in [9.17, 15) is 13.9 Å². The summed E-state index contributed by atoms with van der Waals surface area (Å²) >= 11 is 0. The number of aliphatic hydroxyl groups is 1. The summed E-state index contributed by atoms with van der Waals surface area (Å²) in [6, 6.07) is 1.97. The van der Waals surface area contributed by atoms with Gasteiger partial charge in [-0.3, -0.25) is 4.90 Å². The van der Waals surface area contributed by atoms with E-state index in [0.717, 1.165) is 12.1 Å². The zero-order valence-corrected chi connectivity index (χ0v) is 11.3. The van der Waals surface area contributed by atoms with Crippen molar-refractivity contribution in [2.75, 3.05) is 26.3 Å². The van der Waals surface area contributed by atoms with Crippen molar-refractivity contribution in [3.05, 3.63) is 41.0 Å². The first-order valence-electron chi connectivity index (χ1n) is 6.72. The Morgan fingerprint density at radius 1 is 1.25 bits per heavy atom. The monoisotopic (exact) mass is 281 g/mol. The Morgan fingerprint density at radius 2 is 1.90 bits per heavy atom. The number of halogens is 2. The molecule has 2 atom stereocenters. The predicted octanol–water partition coefficient (Wildman–Crippen LogP) is 1.90. The molecule has 0 amide bonds. The summed E-state index contributed by atoms with van der Waals surface area (Å²) in [5.41, 5.74) is -0.301. The molecular weight excluding hydrogens is 264 g/mol. The van der Waals surface area contributed by atoms with E-state index in [2.05, 4.69) is 4.90 Å². The number of morpholine rings is 1. The van der Waals surface area contributed by atoms with Crippen LogP contribution in [0.25, 0.3) is 6.08 Å². The van der Waals surface area contributed by atoms with E-state index < -0.39 is 17.2 Å². The third-order valence-electron chi connectivity index (χ3n) is 4.11. The molecule has 0 unspecified atom stereocenters. The third kappa shape index (κ3) is 2.16. The van der Waals surface area contributed by atoms with Crippen molar-refractivity contribution < 1.29 is 18.6 Å². The Labute approximate surface area is 116 Å². The van der Waals surface area contributed by atoms with Crippen LogP contribution in [-0.4, -0.2) is 42.4 Å². The van der Waals surface area contributed by atoms with Crippen LogP contribution in [0.1, 0.15) is 18.1 Å². The Bertz CT molecular complexity index is 551. The molecule has 1 aromatic rings. The van der Waals surface area contributed by atoms with Gasteiger partial charge >= 0.3 is 0 Å². The minimum absolute atomic E-state index is 0.260. The average Bonchev–Trinajstić information content (AvgIpc) is 2.42. The van der Waals surface area contributed by atoms with Gasteiger partial charge in [0, 0.05) is 13.1 Å². The Morgan fingerprint density at radius 3 is 2.60 bits per heavy atom. The summed E-state index contributed by atoms with van der Waals surface area (Å²) in [5, 5.41) is 10.8. The number of benzene rings is 1. The van der Waals surface area contributed by atoms with Gasteiger partial charge < -0.3 is 9.84 Å². The van der Waals surface area contributed by atoms with Crippen LogP contribution in [0.5, 0.6) is 0 Å². The quantitative estimate of drug-likeness (QED) is 0.853. The first kappa shape index (κ1) is 13.7. The molecule has 1 aromatic carbocycles. The van der Waals surface area contributed by atoms with Gasteiger partial charge in [-0.15, -0.1) is 0 Å². The van der Waals surface area contributed by atoms with Gasteiger partial charge in [0.1, 0.15) is 5.60 Å². The summed E-state index contributed by atoms with van der Waals surface area (Å²) in [7, 11) is 0. The lowest BCUT2D eigenvalue weighted by Gasteiger charge is -2.43. The van der Waals surface area contributed by atoms with Crippen LogP contribution >= 0.6 is 0 Å². The highest BCUT2D eigenvalue weighted by Crippen LogP contribution is 2.37. The van der Waals surface area contributed by atoms with Gasteiger partial charge in [0.05, 0.1) is 19.3 Å². The van der Waals surface area contributed by atoms with Crippen molar-refractivity contribution in [3.63, 3.8) is 0 Å². The van der Waals surface area contributed by atoms with E-state index in [0.29, 0.717) is 37.4 Å². The third-order valence-corrected chi connectivity index (χ3v) is 4.11. The summed E-state index contributed by atoms with van der Waals surface area (Å²) < 4.78 is 32.1. The largest absolute Gasteiger partial charge is 0.383 e. The number of rotatable bonds is 1. The van der Waals surface area contributed by atoms with Gasteiger partial charge in [0.15, 0.2) is 11.6 Å². The molecule has 1 aliphatic heterocycles. The number of hydrogen-bond donors (Lipinski definition) is 1. The molecular formula is C15H17F2NO2. The Hall–Kier alpha value is -1.30. The molecule has 3 rings (SSSR count). The molecule has 0 saturated carbocycles. The molecule has 5 heteroatoms. The van der Waals surface area contributed by atoms with Crippen molar-refractivity contribution in [2.45, 2.75) is 18.6 Å². The van der Waals surface area contributed by atoms with Crippen molar-refractivity contribution in [3.8, 4) is 0 Å². The topological polar surface area (TPSA) is 32.7 Å². The Balaban J connectivity index is 2.00. The van der Waals surface area contributed by atoms with E-state index in [1.807, 2.05) is 6.08 Å². The lowest BCUT2D eigenvalue weighted by atomic mass is 9.80. The van der Waals surface area contributed by atoms with Crippen molar-refractivity contribution in [1.29, 1.82) is 0 Å². The summed E-state index contributed by atoms with van der Waals surface area (Å²) in [4.78, 5) is 2.10. The molecule has 0 radical (unpaired) electrons. The van der Waals surface area contributed by atoms with Gasteiger partial charge in [0.2, 0.25) is 0 Å². The maximum absolute atomic E-state index is 13.5. The zero-order valence-electron chi connectivity index (χ0n) is 11.3. The molecule has 1 saturated heterocycles. The maximum Gasteiger partial charge on any atom is 0.159 e. The minimum atomic E-state index is -1.25. The van der Waals surface area contributed by atoms with Crippen LogP contribution in [0.4, 0.5) is 8.78 Å². The van der Waals surface area contributed by atoms with Crippen LogP contribution in [0.2, 0.25) is 0 Å². The second kappa shape index (κ2) is 4.91. The fourth-order valence-corrected chi connectivity index (χ4v) is 3.01. The molecule has 108 valence electrons. The lowest BCUT2D eigenvalue weighted by Crippen LogP contribution is -2.53. The fraction of sp³-hybridized carbons (Fsp3) is 0.467. The van der Waals surface area contributed by atoms with Gasteiger partial charge in [-0.25, -0.2) is 8.78 Å². The van der Waals surface area contributed by atoms with Crippen LogP contribution in [0.3, 0.4) is 0 Å². The number of hydrogen-bond acceptors (Lipinski definition) is 3. The second-order valence-corrected chi connectivity index (χ2v) is 5.45. The van der Waals surface area contributed by atoms with E-state index in [1.54, 1.807) is 13.0 Å². The summed E-state index contributed by atoms with van der Waals surface area (Å²) in [6.07, 6.45) is 3.60. The zero-order chi connectivity index (χ0) is 14.3. The molecule has 2 aliphatic rings. The number of fused-ring (bicyclic) bond motifs is 1. The molecule has 1 fully saturated rings. The van der Waals surface area contributed by atoms with Crippen LogP contribution < -0.4 is 0 Å². The van der Waals surface area contributed by atoms with Gasteiger partial charge in [-0.05, 0) is 30.2 Å².